The maximum absolute atomic E-state index is 9.61. The van der Waals surface area contributed by atoms with Crippen LogP contribution in [0.2, 0.25) is 0 Å². The Labute approximate surface area is 245 Å². The standard InChI is InChI=1S/C38H28N4/c39-25-32-16-8-9-17-33(32)29-19-21-30(22-20-29)35-24-23-28-13-7-10-18-34(28)36(35)38(41-26-27-11-3-1-4-12-27)42-37(40)31-14-5-2-6-15-31/h1-24H,26H2,(H2,40,41,42). The zero-order valence-corrected chi connectivity index (χ0v) is 23.0. The van der Waals surface area contributed by atoms with Crippen LogP contribution in [0.3, 0.4) is 0 Å². The van der Waals surface area contributed by atoms with Gasteiger partial charge in [0.05, 0.1) is 18.2 Å². The van der Waals surface area contributed by atoms with E-state index in [0.29, 0.717) is 23.8 Å². The molecule has 42 heavy (non-hydrogen) atoms. The van der Waals surface area contributed by atoms with Crippen LogP contribution in [0.25, 0.3) is 33.0 Å². The maximum atomic E-state index is 9.61. The third kappa shape index (κ3) is 5.58. The molecule has 0 aliphatic heterocycles. The summed E-state index contributed by atoms with van der Waals surface area (Å²) in [5, 5.41) is 11.8. The smallest absolute Gasteiger partial charge is 0.158 e. The summed E-state index contributed by atoms with van der Waals surface area (Å²) in [5.41, 5.74) is 14.0. The highest BCUT2D eigenvalue weighted by molar-refractivity contribution is 6.19. The Morgan fingerprint density at radius 2 is 1.24 bits per heavy atom. The molecule has 0 saturated carbocycles. The summed E-state index contributed by atoms with van der Waals surface area (Å²) in [6, 6.07) is 50.7. The largest absolute Gasteiger partial charge is 0.383 e. The molecule has 0 aromatic heterocycles. The lowest BCUT2D eigenvalue weighted by Crippen LogP contribution is -2.17. The molecular weight excluding hydrogens is 512 g/mol. The van der Waals surface area contributed by atoms with Crippen LogP contribution >= 0.6 is 0 Å². The van der Waals surface area contributed by atoms with Crippen molar-refractivity contribution in [1.82, 2.24) is 0 Å². The molecule has 4 heteroatoms. The third-order valence-corrected chi connectivity index (χ3v) is 7.26. The van der Waals surface area contributed by atoms with Gasteiger partial charge in [0.15, 0.2) is 5.84 Å². The number of benzene rings is 6. The van der Waals surface area contributed by atoms with Crippen molar-refractivity contribution in [2.24, 2.45) is 15.7 Å². The number of nitrogens with two attached hydrogens (primary N) is 1. The molecular formula is C38H28N4. The first-order valence-corrected chi connectivity index (χ1v) is 13.8. The summed E-state index contributed by atoms with van der Waals surface area (Å²) < 4.78 is 0. The Morgan fingerprint density at radius 3 is 1.98 bits per heavy atom. The molecule has 6 aromatic carbocycles. The molecule has 6 aromatic rings. The van der Waals surface area contributed by atoms with E-state index in [1.165, 1.54) is 0 Å². The molecule has 0 fully saturated rings. The molecule has 0 unspecified atom stereocenters. The fourth-order valence-electron chi connectivity index (χ4n) is 5.12. The minimum Gasteiger partial charge on any atom is -0.383 e. The molecule has 0 spiro atoms. The molecule has 0 amide bonds. The number of nitriles is 1. The molecule has 0 atom stereocenters. The highest BCUT2D eigenvalue weighted by Crippen LogP contribution is 2.33. The Bertz CT molecular complexity index is 1950. The number of amidine groups is 2. The first-order valence-electron chi connectivity index (χ1n) is 13.8. The van der Waals surface area contributed by atoms with Gasteiger partial charge in [-0.2, -0.15) is 5.26 Å². The van der Waals surface area contributed by atoms with E-state index in [1.807, 2.05) is 84.9 Å². The van der Waals surface area contributed by atoms with Crippen LogP contribution in [0.5, 0.6) is 0 Å². The molecule has 0 radical (unpaired) electrons. The monoisotopic (exact) mass is 540 g/mol. The Balaban J connectivity index is 1.53. The number of aliphatic imine (C=N–C) groups is 2. The molecule has 4 nitrogen and oxygen atoms in total. The first kappa shape index (κ1) is 26.4. The average Bonchev–Trinajstić information content (AvgIpc) is 3.07. The highest BCUT2D eigenvalue weighted by atomic mass is 15.0. The Kier molecular flexibility index (Phi) is 7.65. The highest BCUT2D eigenvalue weighted by Gasteiger charge is 2.17. The van der Waals surface area contributed by atoms with Gasteiger partial charge in [0.2, 0.25) is 0 Å². The first-order chi connectivity index (χ1) is 20.7. The van der Waals surface area contributed by atoms with Crippen LogP contribution in [0.1, 0.15) is 22.3 Å². The predicted octanol–water partition coefficient (Wildman–Crippen LogP) is 8.40. The predicted molar refractivity (Wildman–Crippen MR) is 173 cm³/mol. The number of hydrogen-bond acceptors (Lipinski definition) is 2. The second-order valence-corrected chi connectivity index (χ2v) is 9.93. The van der Waals surface area contributed by atoms with Gasteiger partial charge in [-0.05, 0) is 44.7 Å². The fourth-order valence-corrected chi connectivity index (χ4v) is 5.12. The minimum absolute atomic E-state index is 0.407. The molecule has 0 aliphatic rings. The SMILES string of the molecule is N#Cc1ccccc1-c1ccc(-c2ccc3ccccc3c2C(N=C(N)c2ccccc2)=NCc2ccccc2)cc1. The minimum atomic E-state index is 0.407. The van der Waals surface area contributed by atoms with Gasteiger partial charge in [0, 0.05) is 11.1 Å². The molecule has 0 aliphatic carbocycles. The Morgan fingerprint density at radius 1 is 0.619 bits per heavy atom. The summed E-state index contributed by atoms with van der Waals surface area (Å²) in [4.78, 5) is 10.0. The van der Waals surface area contributed by atoms with E-state index in [4.69, 9.17) is 15.7 Å². The number of hydrogen-bond donors (Lipinski definition) is 1. The van der Waals surface area contributed by atoms with Crippen molar-refractivity contribution in [2.75, 3.05) is 0 Å². The molecule has 0 saturated heterocycles. The summed E-state index contributed by atoms with van der Waals surface area (Å²) >= 11 is 0. The van der Waals surface area contributed by atoms with E-state index in [2.05, 4.69) is 66.7 Å². The van der Waals surface area contributed by atoms with Crippen molar-refractivity contribution in [3.05, 3.63) is 168 Å². The quantitative estimate of drug-likeness (QED) is 0.170. The van der Waals surface area contributed by atoms with Gasteiger partial charge < -0.3 is 5.73 Å². The zero-order valence-electron chi connectivity index (χ0n) is 23.0. The van der Waals surface area contributed by atoms with Crippen molar-refractivity contribution in [2.45, 2.75) is 6.54 Å². The topological polar surface area (TPSA) is 74.5 Å². The van der Waals surface area contributed by atoms with E-state index in [9.17, 15) is 5.26 Å². The van der Waals surface area contributed by atoms with Crippen LogP contribution in [-0.2, 0) is 6.54 Å². The van der Waals surface area contributed by atoms with Gasteiger partial charge in [-0.25, -0.2) is 4.99 Å². The van der Waals surface area contributed by atoms with Crippen molar-refractivity contribution >= 4 is 22.4 Å². The van der Waals surface area contributed by atoms with Gasteiger partial charge in [0.1, 0.15) is 5.84 Å². The summed E-state index contributed by atoms with van der Waals surface area (Å²) in [6.07, 6.45) is 0. The second kappa shape index (κ2) is 12.2. The van der Waals surface area contributed by atoms with Crippen LogP contribution < -0.4 is 5.73 Å². The van der Waals surface area contributed by atoms with E-state index < -0.39 is 0 Å². The maximum Gasteiger partial charge on any atom is 0.158 e. The van der Waals surface area contributed by atoms with Crippen LogP contribution in [0, 0.1) is 11.3 Å². The molecule has 200 valence electrons. The van der Waals surface area contributed by atoms with Crippen molar-refractivity contribution < 1.29 is 0 Å². The van der Waals surface area contributed by atoms with E-state index in [-0.39, 0.29) is 0 Å². The van der Waals surface area contributed by atoms with Gasteiger partial charge in [0.25, 0.3) is 0 Å². The second-order valence-electron chi connectivity index (χ2n) is 9.93. The fraction of sp³-hybridized carbons (Fsp3) is 0.0263. The van der Waals surface area contributed by atoms with Gasteiger partial charge in [-0.15, -0.1) is 0 Å². The normalized spacial score (nSPS) is 11.8. The number of nitrogens with zero attached hydrogens (tertiary/aromatic N) is 3. The Hall–Kier alpha value is -5.79. The van der Waals surface area contributed by atoms with Crippen molar-refractivity contribution in [3.63, 3.8) is 0 Å². The summed E-state index contributed by atoms with van der Waals surface area (Å²) in [5.74, 6) is 0.982. The van der Waals surface area contributed by atoms with Crippen molar-refractivity contribution in [1.29, 1.82) is 5.26 Å². The van der Waals surface area contributed by atoms with Crippen LogP contribution in [0.15, 0.2) is 156 Å². The lowest BCUT2D eigenvalue weighted by atomic mass is 9.91. The van der Waals surface area contributed by atoms with Gasteiger partial charge in [-0.3, -0.25) is 4.99 Å². The average molecular weight is 541 g/mol. The zero-order chi connectivity index (χ0) is 28.7. The van der Waals surface area contributed by atoms with Crippen LogP contribution in [0.4, 0.5) is 0 Å². The van der Waals surface area contributed by atoms with Crippen LogP contribution in [-0.4, -0.2) is 11.7 Å². The summed E-state index contributed by atoms with van der Waals surface area (Å²) in [7, 11) is 0. The lowest BCUT2D eigenvalue weighted by molar-refractivity contribution is 1.06. The third-order valence-electron chi connectivity index (χ3n) is 7.26. The molecule has 0 bridgehead atoms. The number of fused-ring (bicyclic) bond motifs is 1. The van der Waals surface area contributed by atoms with E-state index in [0.717, 1.165) is 49.7 Å². The summed E-state index contributed by atoms with van der Waals surface area (Å²) in [6.45, 7) is 0.467. The van der Waals surface area contributed by atoms with E-state index >= 15 is 0 Å². The van der Waals surface area contributed by atoms with Gasteiger partial charge in [-0.1, -0.05) is 140 Å². The van der Waals surface area contributed by atoms with Crippen molar-refractivity contribution in [3.8, 4) is 28.3 Å². The van der Waals surface area contributed by atoms with Gasteiger partial charge >= 0.3 is 0 Å². The molecule has 6 rings (SSSR count). The van der Waals surface area contributed by atoms with E-state index in [1.54, 1.807) is 0 Å². The molecule has 2 N–H and O–H groups in total. The lowest BCUT2D eigenvalue weighted by Gasteiger charge is -2.15. The number of rotatable bonds is 6. The molecule has 0 heterocycles.